The molecule has 2 aromatic carbocycles. The third kappa shape index (κ3) is 4.23. The summed E-state index contributed by atoms with van der Waals surface area (Å²) in [6.07, 6.45) is 0.806. The zero-order valence-corrected chi connectivity index (χ0v) is 18.3. The summed E-state index contributed by atoms with van der Waals surface area (Å²) in [4.78, 5) is 30.3. The molecule has 2 heterocycles. The quantitative estimate of drug-likeness (QED) is 0.489. The number of fused-ring (bicyclic) bond motifs is 1. The molecular weight excluding hydrogens is 402 g/mol. The minimum atomic E-state index is -0.343. The van der Waals surface area contributed by atoms with Gasteiger partial charge in [-0.15, -0.1) is 0 Å². The number of benzene rings is 2. The molecule has 32 heavy (non-hydrogen) atoms. The number of aryl methyl sites for hydroxylation is 3. The van der Waals surface area contributed by atoms with E-state index in [0.717, 1.165) is 23.2 Å². The van der Waals surface area contributed by atoms with Gasteiger partial charge in [0, 0.05) is 18.3 Å². The molecule has 4 rings (SSSR count). The molecule has 162 valence electrons. The van der Waals surface area contributed by atoms with E-state index >= 15 is 0 Å². The number of amides is 2. The van der Waals surface area contributed by atoms with Crippen molar-refractivity contribution in [2.24, 2.45) is 7.05 Å². The maximum atomic E-state index is 13.1. The summed E-state index contributed by atoms with van der Waals surface area (Å²) in [6.45, 7) is 3.74. The van der Waals surface area contributed by atoms with Crippen molar-refractivity contribution >= 4 is 28.5 Å². The van der Waals surface area contributed by atoms with Crippen LogP contribution in [0.5, 0.6) is 0 Å². The van der Waals surface area contributed by atoms with Crippen LogP contribution in [0.25, 0.3) is 22.3 Å². The smallest absolute Gasteiger partial charge is 0.252 e. The predicted octanol–water partition coefficient (Wildman–Crippen LogP) is 3.87. The molecule has 0 atom stereocenters. The molecule has 7 heteroatoms. The fourth-order valence-corrected chi connectivity index (χ4v) is 3.78. The van der Waals surface area contributed by atoms with Crippen LogP contribution in [0.2, 0.25) is 0 Å². The van der Waals surface area contributed by atoms with E-state index in [1.165, 1.54) is 0 Å². The molecular formula is C25H25N5O2. The normalized spacial score (nSPS) is 10.8. The number of carbonyl (C=O) groups is 2. The Morgan fingerprint density at radius 2 is 1.75 bits per heavy atom. The molecule has 0 aliphatic carbocycles. The molecule has 0 unspecified atom stereocenters. The van der Waals surface area contributed by atoms with Crippen molar-refractivity contribution in [3.05, 3.63) is 77.5 Å². The highest BCUT2D eigenvalue weighted by Gasteiger charge is 2.20. The summed E-state index contributed by atoms with van der Waals surface area (Å²) in [5.41, 5.74) is 5.15. The van der Waals surface area contributed by atoms with Gasteiger partial charge in [-0.25, -0.2) is 4.98 Å². The van der Waals surface area contributed by atoms with Crippen molar-refractivity contribution in [1.82, 2.24) is 20.1 Å². The van der Waals surface area contributed by atoms with Gasteiger partial charge in [0.05, 0.1) is 28.9 Å². The lowest BCUT2D eigenvalue weighted by molar-refractivity contribution is -0.115. The highest BCUT2D eigenvalue weighted by Crippen LogP contribution is 2.26. The van der Waals surface area contributed by atoms with Gasteiger partial charge in [0.1, 0.15) is 0 Å². The van der Waals surface area contributed by atoms with Crippen LogP contribution in [0.15, 0.2) is 60.7 Å². The molecule has 0 saturated carbocycles. The van der Waals surface area contributed by atoms with Gasteiger partial charge in [-0.05, 0) is 31.0 Å². The Labute approximate surface area is 186 Å². The number of para-hydroxylation sites is 1. The van der Waals surface area contributed by atoms with Gasteiger partial charge >= 0.3 is 0 Å². The predicted molar refractivity (Wildman–Crippen MR) is 125 cm³/mol. The molecule has 0 spiro atoms. The van der Waals surface area contributed by atoms with Gasteiger partial charge in [0.2, 0.25) is 5.91 Å². The first-order valence-corrected chi connectivity index (χ1v) is 10.5. The number of hydrogen-bond donors (Lipinski definition) is 2. The monoisotopic (exact) mass is 427 g/mol. The van der Waals surface area contributed by atoms with Crippen molar-refractivity contribution in [3.8, 4) is 11.3 Å². The Kier molecular flexibility index (Phi) is 5.98. The van der Waals surface area contributed by atoms with E-state index in [4.69, 9.17) is 4.98 Å². The average Bonchev–Trinajstić information content (AvgIpc) is 3.11. The van der Waals surface area contributed by atoms with E-state index in [1.54, 1.807) is 17.8 Å². The minimum absolute atomic E-state index is 0.138. The molecule has 0 aliphatic rings. The Balaban J connectivity index is 1.59. The standard InChI is InChI=1S/C25H25N5O2/c1-4-17-10-8-9-13-20(17)27-22(31)15-26-25(32)19-14-21(18-11-6-5-7-12-18)28-24-23(19)16(2)29-30(24)3/h5-14H,4,15H2,1-3H3,(H,26,32)(H,27,31). The van der Waals surface area contributed by atoms with Gasteiger partial charge in [-0.2, -0.15) is 5.10 Å². The number of nitrogens with zero attached hydrogens (tertiary/aromatic N) is 3. The fourth-order valence-electron chi connectivity index (χ4n) is 3.78. The van der Waals surface area contributed by atoms with E-state index in [-0.39, 0.29) is 18.4 Å². The largest absolute Gasteiger partial charge is 0.343 e. The Bertz CT molecular complexity index is 1290. The second kappa shape index (κ2) is 9.01. The molecule has 0 aliphatic heterocycles. The first-order valence-electron chi connectivity index (χ1n) is 10.5. The van der Waals surface area contributed by atoms with Gasteiger partial charge < -0.3 is 10.6 Å². The van der Waals surface area contributed by atoms with Crippen molar-refractivity contribution in [3.63, 3.8) is 0 Å². The third-order valence-electron chi connectivity index (χ3n) is 5.36. The van der Waals surface area contributed by atoms with Crippen LogP contribution in [0, 0.1) is 6.92 Å². The van der Waals surface area contributed by atoms with Crippen LogP contribution in [0.3, 0.4) is 0 Å². The highest BCUT2D eigenvalue weighted by atomic mass is 16.2. The Hall–Kier alpha value is -4.00. The molecule has 4 aromatic rings. The van der Waals surface area contributed by atoms with E-state index in [0.29, 0.717) is 28.0 Å². The molecule has 0 radical (unpaired) electrons. The second-order valence-electron chi connectivity index (χ2n) is 7.57. The number of rotatable bonds is 6. The van der Waals surface area contributed by atoms with Crippen LogP contribution in [0.4, 0.5) is 5.69 Å². The van der Waals surface area contributed by atoms with Crippen LogP contribution in [0.1, 0.15) is 28.5 Å². The summed E-state index contributed by atoms with van der Waals surface area (Å²) in [5, 5.41) is 10.7. The molecule has 0 bridgehead atoms. The lowest BCUT2D eigenvalue weighted by Gasteiger charge is -2.11. The van der Waals surface area contributed by atoms with E-state index < -0.39 is 0 Å². The summed E-state index contributed by atoms with van der Waals surface area (Å²) in [7, 11) is 1.80. The number of pyridine rings is 1. The van der Waals surface area contributed by atoms with E-state index in [1.807, 2.05) is 68.4 Å². The van der Waals surface area contributed by atoms with E-state index in [9.17, 15) is 9.59 Å². The molecule has 0 saturated heterocycles. The summed E-state index contributed by atoms with van der Waals surface area (Å²) in [5.74, 6) is -0.625. The number of aromatic nitrogens is 3. The molecule has 2 amide bonds. The maximum absolute atomic E-state index is 13.1. The third-order valence-corrected chi connectivity index (χ3v) is 5.36. The van der Waals surface area contributed by atoms with Crippen LogP contribution in [-0.4, -0.2) is 33.1 Å². The summed E-state index contributed by atoms with van der Waals surface area (Å²) in [6, 6.07) is 19.1. The Morgan fingerprint density at radius 1 is 1.03 bits per heavy atom. The zero-order chi connectivity index (χ0) is 22.7. The van der Waals surface area contributed by atoms with Crippen LogP contribution < -0.4 is 10.6 Å². The van der Waals surface area contributed by atoms with Crippen molar-refractivity contribution in [2.45, 2.75) is 20.3 Å². The van der Waals surface area contributed by atoms with Gasteiger partial charge in [0.25, 0.3) is 5.91 Å². The first-order chi connectivity index (χ1) is 15.5. The molecule has 2 aromatic heterocycles. The SMILES string of the molecule is CCc1ccccc1NC(=O)CNC(=O)c1cc(-c2ccccc2)nc2c1c(C)nn2C. The fraction of sp³-hybridized carbons (Fsp3) is 0.200. The highest BCUT2D eigenvalue weighted by molar-refractivity contribution is 6.08. The molecule has 7 nitrogen and oxygen atoms in total. The zero-order valence-electron chi connectivity index (χ0n) is 18.3. The summed E-state index contributed by atoms with van der Waals surface area (Å²) < 4.78 is 1.67. The average molecular weight is 428 g/mol. The van der Waals surface area contributed by atoms with Crippen LogP contribution in [-0.2, 0) is 18.3 Å². The lowest BCUT2D eigenvalue weighted by Crippen LogP contribution is -2.33. The van der Waals surface area contributed by atoms with Gasteiger partial charge in [0.15, 0.2) is 5.65 Å². The molecule has 0 fully saturated rings. The van der Waals surface area contributed by atoms with Gasteiger partial charge in [-0.3, -0.25) is 14.3 Å². The van der Waals surface area contributed by atoms with Crippen molar-refractivity contribution < 1.29 is 9.59 Å². The second-order valence-corrected chi connectivity index (χ2v) is 7.57. The van der Waals surface area contributed by atoms with Gasteiger partial charge in [-0.1, -0.05) is 55.5 Å². The minimum Gasteiger partial charge on any atom is -0.343 e. The van der Waals surface area contributed by atoms with E-state index in [2.05, 4.69) is 15.7 Å². The Morgan fingerprint density at radius 3 is 2.50 bits per heavy atom. The molecule has 2 N–H and O–H groups in total. The number of carbonyl (C=O) groups excluding carboxylic acids is 2. The number of hydrogen-bond acceptors (Lipinski definition) is 4. The van der Waals surface area contributed by atoms with Crippen molar-refractivity contribution in [2.75, 3.05) is 11.9 Å². The summed E-state index contributed by atoms with van der Waals surface area (Å²) >= 11 is 0. The topological polar surface area (TPSA) is 88.9 Å². The number of anilines is 1. The lowest BCUT2D eigenvalue weighted by atomic mass is 10.0. The van der Waals surface area contributed by atoms with Crippen molar-refractivity contribution in [1.29, 1.82) is 0 Å². The first kappa shape index (κ1) is 21.2. The maximum Gasteiger partial charge on any atom is 0.252 e. The van der Waals surface area contributed by atoms with Crippen LogP contribution >= 0.6 is 0 Å². The number of nitrogens with one attached hydrogen (secondary N) is 2.